The molecule has 1 unspecified atom stereocenters. The molecule has 1 saturated heterocycles. The number of amides is 1. The maximum absolute atomic E-state index is 13.0. The highest BCUT2D eigenvalue weighted by atomic mass is 16.5. The minimum Gasteiger partial charge on any atom is -0.507 e. The number of nitrogens with zero attached hydrogens (tertiary/aromatic N) is 3. The molecule has 2 heterocycles. The first kappa shape index (κ1) is 22.4. The molecule has 1 aromatic heterocycles. The van der Waals surface area contributed by atoms with Crippen molar-refractivity contribution >= 4 is 17.4 Å². The van der Waals surface area contributed by atoms with Crippen molar-refractivity contribution in [3.05, 3.63) is 46.3 Å². The summed E-state index contributed by atoms with van der Waals surface area (Å²) in [7, 11) is 3.30. The molecule has 0 aliphatic carbocycles. The number of aliphatic hydroxyl groups is 1. The lowest BCUT2D eigenvalue weighted by atomic mass is 9.94. The van der Waals surface area contributed by atoms with Crippen LogP contribution in [0, 0.1) is 13.8 Å². The summed E-state index contributed by atoms with van der Waals surface area (Å²) in [4.78, 5) is 27.2. The van der Waals surface area contributed by atoms with E-state index in [-0.39, 0.29) is 11.3 Å². The van der Waals surface area contributed by atoms with Gasteiger partial charge in [-0.25, -0.2) is 0 Å². The molecule has 0 spiro atoms. The number of ether oxygens (including phenoxy) is 2. The zero-order valence-electron chi connectivity index (χ0n) is 18.9. The summed E-state index contributed by atoms with van der Waals surface area (Å²) in [5, 5.41) is 15.5. The number of ketones is 1. The molecule has 1 atom stereocenters. The lowest BCUT2D eigenvalue weighted by molar-refractivity contribution is -0.139. The SMILES string of the molecule is CCCOc1ccc(C2/C(=C(\O)c3c(C)nn(C)c3C)C(=O)C(=O)N2CC)cc1OC. The van der Waals surface area contributed by atoms with Gasteiger partial charge in [-0.05, 0) is 44.9 Å². The van der Waals surface area contributed by atoms with E-state index in [1.807, 2.05) is 13.8 Å². The highest BCUT2D eigenvalue weighted by Gasteiger charge is 2.46. The molecule has 0 radical (unpaired) electrons. The van der Waals surface area contributed by atoms with Crippen LogP contribution in [0.4, 0.5) is 0 Å². The molecule has 2 aromatic rings. The average molecular weight is 428 g/mol. The molecule has 8 heteroatoms. The lowest BCUT2D eigenvalue weighted by Crippen LogP contribution is -2.29. The molecule has 166 valence electrons. The fourth-order valence-electron chi connectivity index (χ4n) is 3.99. The predicted molar refractivity (Wildman–Crippen MR) is 116 cm³/mol. The third kappa shape index (κ3) is 3.78. The zero-order chi connectivity index (χ0) is 22.9. The molecule has 1 amide bonds. The van der Waals surface area contributed by atoms with Crippen LogP contribution in [0.5, 0.6) is 11.5 Å². The molecule has 1 N–H and O–H groups in total. The fourth-order valence-corrected chi connectivity index (χ4v) is 3.99. The van der Waals surface area contributed by atoms with E-state index in [4.69, 9.17) is 9.47 Å². The molecule has 0 bridgehead atoms. The van der Waals surface area contributed by atoms with Crippen LogP contribution >= 0.6 is 0 Å². The lowest BCUT2D eigenvalue weighted by Gasteiger charge is -2.24. The van der Waals surface area contributed by atoms with Gasteiger partial charge in [0, 0.05) is 19.3 Å². The van der Waals surface area contributed by atoms with Gasteiger partial charge in [0.05, 0.1) is 36.6 Å². The van der Waals surface area contributed by atoms with E-state index in [1.165, 1.54) is 12.0 Å². The maximum Gasteiger partial charge on any atom is 0.295 e. The monoisotopic (exact) mass is 427 g/mol. The van der Waals surface area contributed by atoms with E-state index in [2.05, 4.69) is 5.10 Å². The number of aryl methyl sites for hydroxylation is 2. The summed E-state index contributed by atoms with van der Waals surface area (Å²) in [6.07, 6.45) is 0.852. The first-order valence-electron chi connectivity index (χ1n) is 10.4. The van der Waals surface area contributed by atoms with Crippen molar-refractivity contribution in [2.45, 2.75) is 40.2 Å². The van der Waals surface area contributed by atoms with E-state index in [0.29, 0.717) is 47.2 Å². The quantitative estimate of drug-likeness (QED) is 0.414. The number of methoxy groups -OCH3 is 1. The van der Waals surface area contributed by atoms with Gasteiger partial charge in [0.2, 0.25) is 0 Å². The van der Waals surface area contributed by atoms with Gasteiger partial charge >= 0.3 is 0 Å². The Labute approximate surface area is 182 Å². The number of aromatic nitrogens is 2. The summed E-state index contributed by atoms with van der Waals surface area (Å²) in [5.41, 5.74) is 2.46. The normalized spacial score (nSPS) is 18.0. The minimum absolute atomic E-state index is 0.0512. The Kier molecular flexibility index (Phi) is 6.38. The Morgan fingerprint density at radius 1 is 1.19 bits per heavy atom. The number of aliphatic hydroxyl groups excluding tert-OH is 1. The molecular formula is C23H29N3O5. The second-order valence-corrected chi connectivity index (χ2v) is 7.51. The molecular weight excluding hydrogens is 398 g/mol. The van der Waals surface area contributed by atoms with Crippen LogP contribution in [-0.4, -0.2) is 51.7 Å². The molecule has 1 aliphatic rings. The molecule has 1 fully saturated rings. The summed E-state index contributed by atoms with van der Waals surface area (Å²) in [6, 6.07) is 4.57. The van der Waals surface area contributed by atoms with Crippen molar-refractivity contribution < 1.29 is 24.2 Å². The summed E-state index contributed by atoms with van der Waals surface area (Å²) in [6.45, 7) is 8.24. The largest absolute Gasteiger partial charge is 0.507 e. The van der Waals surface area contributed by atoms with Gasteiger partial charge in [0.1, 0.15) is 5.76 Å². The highest BCUT2D eigenvalue weighted by molar-refractivity contribution is 6.46. The van der Waals surface area contributed by atoms with Crippen molar-refractivity contribution in [2.24, 2.45) is 7.05 Å². The number of Topliss-reactive ketones (excluding diaryl/α,β-unsaturated/α-hetero) is 1. The summed E-state index contributed by atoms with van der Waals surface area (Å²) >= 11 is 0. The molecule has 31 heavy (non-hydrogen) atoms. The second kappa shape index (κ2) is 8.83. The summed E-state index contributed by atoms with van der Waals surface area (Å²) < 4.78 is 12.8. The standard InChI is InChI=1S/C23H29N3O5/c1-7-11-31-16-10-9-15(12-17(16)30-6)20-19(22(28)23(29)26(20)8-2)21(27)18-13(3)24-25(5)14(18)4/h9-10,12,20,27H,7-8,11H2,1-6H3/b21-19+. The molecule has 1 aliphatic heterocycles. The Morgan fingerprint density at radius 2 is 1.90 bits per heavy atom. The van der Waals surface area contributed by atoms with E-state index >= 15 is 0 Å². The van der Waals surface area contributed by atoms with E-state index in [0.717, 1.165) is 6.42 Å². The topological polar surface area (TPSA) is 93.9 Å². The minimum atomic E-state index is -0.738. The van der Waals surface area contributed by atoms with Gasteiger partial charge < -0.3 is 19.5 Å². The van der Waals surface area contributed by atoms with Gasteiger partial charge in [-0.15, -0.1) is 0 Å². The third-order valence-corrected chi connectivity index (χ3v) is 5.59. The Morgan fingerprint density at radius 3 is 2.45 bits per heavy atom. The molecule has 0 saturated carbocycles. The van der Waals surface area contributed by atoms with Crippen molar-refractivity contribution in [3.8, 4) is 11.5 Å². The Bertz CT molecular complexity index is 1050. The number of hydrogen-bond acceptors (Lipinski definition) is 6. The van der Waals surface area contributed by atoms with Crippen LogP contribution in [0.1, 0.15) is 48.8 Å². The zero-order valence-corrected chi connectivity index (χ0v) is 18.9. The first-order valence-corrected chi connectivity index (χ1v) is 10.4. The van der Waals surface area contributed by atoms with Crippen LogP contribution < -0.4 is 9.47 Å². The van der Waals surface area contributed by atoms with Gasteiger partial charge in [-0.2, -0.15) is 5.10 Å². The predicted octanol–water partition coefficient (Wildman–Crippen LogP) is 3.28. The fraction of sp³-hybridized carbons (Fsp3) is 0.435. The number of hydrogen-bond donors (Lipinski definition) is 1. The van der Waals surface area contributed by atoms with E-state index in [9.17, 15) is 14.7 Å². The molecule has 3 rings (SSSR count). The van der Waals surface area contributed by atoms with Crippen molar-refractivity contribution in [3.63, 3.8) is 0 Å². The van der Waals surface area contributed by atoms with Crippen LogP contribution in [0.2, 0.25) is 0 Å². The third-order valence-electron chi connectivity index (χ3n) is 5.59. The number of rotatable bonds is 7. The number of benzene rings is 1. The number of carbonyl (C=O) groups excluding carboxylic acids is 2. The maximum atomic E-state index is 13.0. The van der Waals surface area contributed by atoms with Crippen LogP contribution in [0.3, 0.4) is 0 Å². The van der Waals surface area contributed by atoms with Gasteiger partial charge in [0.25, 0.3) is 11.7 Å². The number of carbonyl (C=O) groups is 2. The number of likely N-dealkylation sites (tertiary alicyclic amines) is 1. The van der Waals surface area contributed by atoms with Crippen LogP contribution in [0.15, 0.2) is 23.8 Å². The summed E-state index contributed by atoms with van der Waals surface area (Å²) in [5.74, 6) is -0.481. The van der Waals surface area contributed by atoms with Crippen molar-refractivity contribution in [2.75, 3.05) is 20.3 Å². The van der Waals surface area contributed by atoms with Gasteiger partial charge in [0.15, 0.2) is 11.5 Å². The van der Waals surface area contributed by atoms with Crippen LogP contribution in [0.25, 0.3) is 5.76 Å². The van der Waals surface area contributed by atoms with E-state index in [1.54, 1.807) is 43.8 Å². The molecule has 8 nitrogen and oxygen atoms in total. The second-order valence-electron chi connectivity index (χ2n) is 7.51. The Balaban J connectivity index is 2.20. The smallest absolute Gasteiger partial charge is 0.295 e. The molecule has 1 aromatic carbocycles. The van der Waals surface area contributed by atoms with Gasteiger partial charge in [-0.3, -0.25) is 14.3 Å². The van der Waals surface area contributed by atoms with Crippen LogP contribution in [-0.2, 0) is 16.6 Å². The Hall–Kier alpha value is -3.29. The number of likely N-dealkylation sites (N-methyl/N-ethyl adjacent to an activating group) is 1. The average Bonchev–Trinajstić information content (AvgIpc) is 3.16. The van der Waals surface area contributed by atoms with E-state index < -0.39 is 17.7 Å². The van der Waals surface area contributed by atoms with Crippen molar-refractivity contribution in [1.82, 2.24) is 14.7 Å². The highest BCUT2D eigenvalue weighted by Crippen LogP contribution is 2.42. The van der Waals surface area contributed by atoms with Crippen molar-refractivity contribution in [1.29, 1.82) is 0 Å². The van der Waals surface area contributed by atoms with Gasteiger partial charge in [-0.1, -0.05) is 13.0 Å². The first-order chi connectivity index (χ1) is 14.8.